The van der Waals surface area contributed by atoms with E-state index < -0.39 is 5.54 Å². The first-order valence-corrected chi connectivity index (χ1v) is 9.97. The Morgan fingerprint density at radius 3 is 2.73 bits per heavy atom. The summed E-state index contributed by atoms with van der Waals surface area (Å²) in [6, 6.07) is 8.92. The molecular weight excluding hydrogens is 370 g/mol. The van der Waals surface area contributed by atoms with Gasteiger partial charge in [0.25, 0.3) is 5.91 Å². The number of nitrogens with zero attached hydrogens (tertiary/aromatic N) is 2. The number of hydrogen-bond acceptors (Lipinski definition) is 4. The van der Waals surface area contributed by atoms with Crippen LogP contribution in [0.15, 0.2) is 35.7 Å². The summed E-state index contributed by atoms with van der Waals surface area (Å²) in [5, 5.41) is 5.63. The van der Waals surface area contributed by atoms with Crippen LogP contribution in [0.4, 0.5) is 4.79 Å². The summed E-state index contributed by atoms with van der Waals surface area (Å²) >= 11 is 7.75. The maximum absolute atomic E-state index is 13.2. The van der Waals surface area contributed by atoms with E-state index in [2.05, 4.69) is 21.7 Å². The number of imide groups is 1. The first-order chi connectivity index (χ1) is 12.5. The van der Waals surface area contributed by atoms with E-state index in [4.69, 9.17) is 11.6 Å². The first kappa shape index (κ1) is 17.5. The summed E-state index contributed by atoms with van der Waals surface area (Å²) in [5.74, 6) is -0.191. The van der Waals surface area contributed by atoms with Gasteiger partial charge in [0.1, 0.15) is 5.54 Å². The van der Waals surface area contributed by atoms with Gasteiger partial charge in [-0.1, -0.05) is 30.7 Å². The lowest BCUT2D eigenvalue weighted by atomic mass is 9.87. The van der Waals surface area contributed by atoms with Gasteiger partial charge < -0.3 is 5.32 Å². The molecule has 0 saturated carbocycles. The molecule has 1 aromatic carbocycles. The number of hydrogen-bond donors (Lipinski definition) is 1. The third kappa shape index (κ3) is 2.82. The second-order valence-electron chi connectivity index (χ2n) is 6.74. The summed E-state index contributed by atoms with van der Waals surface area (Å²) in [5.41, 5.74) is 1.06. The van der Waals surface area contributed by atoms with E-state index >= 15 is 0 Å². The van der Waals surface area contributed by atoms with E-state index in [-0.39, 0.29) is 11.9 Å². The van der Waals surface area contributed by atoms with Gasteiger partial charge in [0.15, 0.2) is 0 Å². The van der Waals surface area contributed by atoms with Gasteiger partial charge in [-0.3, -0.25) is 9.69 Å². The molecule has 1 fully saturated rings. The fourth-order valence-corrected chi connectivity index (χ4v) is 4.77. The molecule has 1 atom stereocenters. The minimum Gasteiger partial charge on any atom is -0.319 e. The maximum Gasteiger partial charge on any atom is 0.326 e. The lowest BCUT2D eigenvalue weighted by molar-refractivity contribution is -0.133. The van der Waals surface area contributed by atoms with Crippen molar-refractivity contribution in [2.24, 2.45) is 0 Å². The molecule has 2 aliphatic rings. The van der Waals surface area contributed by atoms with E-state index in [1.165, 1.54) is 15.3 Å². The van der Waals surface area contributed by atoms with Gasteiger partial charge in [0, 0.05) is 23.0 Å². The van der Waals surface area contributed by atoms with Gasteiger partial charge in [-0.15, -0.1) is 11.3 Å². The highest BCUT2D eigenvalue weighted by atomic mass is 35.5. The number of fused-ring (bicyclic) bond motifs is 1. The Bertz CT molecular complexity index is 851. The molecule has 0 spiro atoms. The molecule has 1 saturated heterocycles. The van der Waals surface area contributed by atoms with Crippen LogP contribution < -0.4 is 5.32 Å². The normalized spacial score (nSPS) is 23.2. The molecule has 0 radical (unpaired) electrons. The Morgan fingerprint density at radius 2 is 2.00 bits per heavy atom. The van der Waals surface area contributed by atoms with E-state index in [0.29, 0.717) is 18.1 Å². The number of carbonyl (C=O) groups is 2. The fourth-order valence-electron chi connectivity index (χ4n) is 3.76. The predicted octanol–water partition coefficient (Wildman–Crippen LogP) is 3.57. The number of amides is 3. The highest BCUT2D eigenvalue weighted by molar-refractivity contribution is 7.10. The van der Waals surface area contributed by atoms with Crippen LogP contribution in [0.3, 0.4) is 0 Å². The van der Waals surface area contributed by atoms with Crippen molar-refractivity contribution in [2.75, 3.05) is 13.2 Å². The summed E-state index contributed by atoms with van der Waals surface area (Å²) in [4.78, 5) is 30.7. The number of thiophene rings is 1. The summed E-state index contributed by atoms with van der Waals surface area (Å²) in [7, 11) is 0. The number of carbonyl (C=O) groups excluding carboxylic acids is 2. The maximum atomic E-state index is 13.2. The highest BCUT2D eigenvalue weighted by Gasteiger charge is 2.51. The molecule has 0 bridgehead atoms. The van der Waals surface area contributed by atoms with E-state index in [1.807, 2.05) is 19.1 Å². The Morgan fingerprint density at radius 1 is 1.23 bits per heavy atom. The molecule has 5 nitrogen and oxygen atoms in total. The predicted molar refractivity (Wildman–Crippen MR) is 102 cm³/mol. The average Bonchev–Trinajstić information content (AvgIpc) is 3.20. The average molecular weight is 390 g/mol. The molecule has 0 aliphatic carbocycles. The monoisotopic (exact) mass is 389 g/mol. The molecule has 1 aromatic heterocycles. The zero-order chi connectivity index (χ0) is 18.3. The lowest BCUT2D eigenvalue weighted by Gasteiger charge is -2.30. The van der Waals surface area contributed by atoms with Crippen LogP contribution in [0.5, 0.6) is 0 Å². The van der Waals surface area contributed by atoms with Gasteiger partial charge in [0.2, 0.25) is 0 Å². The third-order valence-electron chi connectivity index (χ3n) is 5.27. The quantitative estimate of drug-likeness (QED) is 0.813. The Kier molecular flexibility index (Phi) is 4.50. The van der Waals surface area contributed by atoms with Gasteiger partial charge in [-0.05, 0) is 47.5 Å². The summed E-state index contributed by atoms with van der Waals surface area (Å²) < 4.78 is 0. The standard InChI is InChI=1S/C19H20ClN3O2S/c1-2-19(14-3-5-15(20)6-4-14)17(24)23(18(25)21-19)12-22-9-7-16-13(11-22)8-10-26-16/h3-6,8,10H,2,7,9,11-12H2,1H3,(H,21,25)/t19-/m1/s1. The van der Waals surface area contributed by atoms with Crippen LogP contribution in [0.25, 0.3) is 0 Å². The summed E-state index contributed by atoms with van der Waals surface area (Å²) in [6.07, 6.45) is 1.46. The minimum atomic E-state index is -1.01. The first-order valence-electron chi connectivity index (χ1n) is 8.71. The Balaban J connectivity index is 1.56. The second kappa shape index (κ2) is 6.68. The van der Waals surface area contributed by atoms with Gasteiger partial charge >= 0.3 is 6.03 Å². The molecule has 3 heterocycles. The molecule has 2 aromatic rings. The van der Waals surface area contributed by atoms with Crippen molar-refractivity contribution in [3.63, 3.8) is 0 Å². The van der Waals surface area contributed by atoms with Gasteiger partial charge in [-0.25, -0.2) is 9.69 Å². The number of halogens is 1. The van der Waals surface area contributed by atoms with Crippen molar-refractivity contribution in [1.82, 2.24) is 15.1 Å². The second-order valence-corrected chi connectivity index (χ2v) is 8.18. The zero-order valence-electron chi connectivity index (χ0n) is 14.5. The topological polar surface area (TPSA) is 52.7 Å². The van der Waals surface area contributed by atoms with Crippen molar-refractivity contribution < 1.29 is 9.59 Å². The van der Waals surface area contributed by atoms with Crippen LogP contribution in [-0.2, 0) is 23.3 Å². The van der Waals surface area contributed by atoms with E-state index in [1.54, 1.807) is 23.5 Å². The molecule has 2 aliphatic heterocycles. The molecule has 26 heavy (non-hydrogen) atoms. The van der Waals surface area contributed by atoms with Crippen molar-refractivity contribution >= 4 is 34.9 Å². The van der Waals surface area contributed by atoms with Crippen LogP contribution in [0.2, 0.25) is 5.02 Å². The highest BCUT2D eigenvalue weighted by Crippen LogP contribution is 2.33. The third-order valence-corrected chi connectivity index (χ3v) is 6.55. The van der Waals surface area contributed by atoms with Crippen molar-refractivity contribution in [3.05, 3.63) is 56.7 Å². The molecule has 3 amide bonds. The van der Waals surface area contributed by atoms with Crippen molar-refractivity contribution in [1.29, 1.82) is 0 Å². The number of nitrogens with one attached hydrogen (secondary N) is 1. The van der Waals surface area contributed by atoms with Gasteiger partial charge in [-0.2, -0.15) is 0 Å². The van der Waals surface area contributed by atoms with Crippen LogP contribution in [-0.4, -0.2) is 35.0 Å². The van der Waals surface area contributed by atoms with Crippen LogP contribution in [0, 0.1) is 0 Å². The number of rotatable bonds is 4. The number of benzene rings is 1. The van der Waals surface area contributed by atoms with E-state index in [9.17, 15) is 9.59 Å². The molecule has 4 rings (SSSR count). The summed E-state index contributed by atoms with van der Waals surface area (Å²) in [6.45, 7) is 3.85. The van der Waals surface area contributed by atoms with Crippen molar-refractivity contribution in [3.8, 4) is 0 Å². The molecule has 7 heteroatoms. The van der Waals surface area contributed by atoms with Crippen LogP contribution in [0.1, 0.15) is 29.3 Å². The minimum absolute atomic E-state index is 0.191. The molecular formula is C19H20ClN3O2S. The van der Waals surface area contributed by atoms with E-state index in [0.717, 1.165) is 25.1 Å². The molecule has 0 unspecified atom stereocenters. The largest absolute Gasteiger partial charge is 0.326 e. The van der Waals surface area contributed by atoms with Crippen LogP contribution >= 0.6 is 22.9 Å². The van der Waals surface area contributed by atoms with Crippen molar-refractivity contribution in [2.45, 2.75) is 31.8 Å². The SMILES string of the molecule is CC[C@]1(c2ccc(Cl)cc2)NC(=O)N(CN2CCc3sccc3C2)C1=O. The zero-order valence-corrected chi connectivity index (χ0v) is 16.1. The fraction of sp³-hybridized carbons (Fsp3) is 0.368. The molecule has 1 N–H and O–H groups in total. The smallest absolute Gasteiger partial charge is 0.319 e. The molecule has 136 valence electrons. The number of urea groups is 1. The Labute approximate surface area is 161 Å². The van der Waals surface area contributed by atoms with Gasteiger partial charge in [0.05, 0.1) is 6.67 Å². The Hall–Kier alpha value is -1.89. The lowest BCUT2D eigenvalue weighted by Crippen LogP contribution is -2.46.